The topological polar surface area (TPSA) is 38.9 Å². The highest BCUT2D eigenvalue weighted by atomic mass is 127. The third-order valence-electron chi connectivity index (χ3n) is 1.39. The predicted molar refractivity (Wildman–Crippen MR) is 51.1 cm³/mol. The second-order valence-corrected chi connectivity index (χ2v) is 3.42. The summed E-state index contributed by atoms with van der Waals surface area (Å²) in [6.07, 6.45) is -2.55. The summed E-state index contributed by atoms with van der Waals surface area (Å²) >= 11 is 1.98. The van der Waals surface area contributed by atoms with Crippen molar-refractivity contribution >= 4 is 28.3 Å². The van der Waals surface area contributed by atoms with Crippen LogP contribution in [0.1, 0.15) is 17.8 Å². The van der Waals surface area contributed by atoms with E-state index in [2.05, 4.69) is 4.98 Å². The van der Waals surface area contributed by atoms with Crippen molar-refractivity contribution in [2.45, 2.75) is 13.3 Å². The van der Waals surface area contributed by atoms with E-state index in [-0.39, 0.29) is 5.69 Å². The first-order valence-electron chi connectivity index (χ1n) is 3.23. The summed E-state index contributed by atoms with van der Waals surface area (Å²) in [5.41, 5.74) is 6.13. The van der Waals surface area contributed by atoms with E-state index in [0.29, 0.717) is 11.4 Å². The number of alkyl halides is 2. The summed E-state index contributed by atoms with van der Waals surface area (Å²) in [4.78, 5) is 3.70. The Balaban J connectivity index is 3.21. The minimum Gasteiger partial charge on any atom is -0.398 e. The van der Waals surface area contributed by atoms with Gasteiger partial charge in [0.15, 0.2) is 0 Å². The highest BCUT2D eigenvalue weighted by Crippen LogP contribution is 2.24. The van der Waals surface area contributed by atoms with E-state index < -0.39 is 6.43 Å². The molecule has 0 aromatic carbocycles. The van der Waals surface area contributed by atoms with Gasteiger partial charge in [0.2, 0.25) is 0 Å². The Kier molecular flexibility index (Phi) is 2.81. The molecule has 0 saturated heterocycles. The number of hydrogen-bond acceptors (Lipinski definition) is 2. The zero-order valence-electron chi connectivity index (χ0n) is 6.31. The smallest absolute Gasteiger partial charge is 0.280 e. The molecule has 0 fully saturated rings. The number of pyridine rings is 1. The van der Waals surface area contributed by atoms with Gasteiger partial charge in [-0.25, -0.2) is 8.78 Å². The summed E-state index contributed by atoms with van der Waals surface area (Å²) < 4.78 is 25.0. The fourth-order valence-electron chi connectivity index (χ4n) is 0.818. The molecule has 0 aliphatic rings. The summed E-state index contributed by atoms with van der Waals surface area (Å²) in [7, 11) is 0. The number of rotatable bonds is 1. The van der Waals surface area contributed by atoms with E-state index in [0.717, 1.165) is 3.57 Å². The number of anilines is 1. The van der Waals surface area contributed by atoms with Gasteiger partial charge < -0.3 is 5.73 Å². The Morgan fingerprint density at radius 2 is 2.17 bits per heavy atom. The Bertz CT molecular complexity index is 278. The maximum atomic E-state index is 12.1. The van der Waals surface area contributed by atoms with Gasteiger partial charge in [0.05, 0.1) is 9.26 Å². The number of nitrogens with zero attached hydrogens (tertiary/aromatic N) is 1. The van der Waals surface area contributed by atoms with Crippen LogP contribution < -0.4 is 5.73 Å². The number of nitrogen functional groups attached to an aromatic ring is 1. The third-order valence-corrected chi connectivity index (χ3v) is 2.80. The van der Waals surface area contributed by atoms with Crippen LogP contribution in [0.3, 0.4) is 0 Å². The number of nitrogens with two attached hydrogens (primary N) is 1. The van der Waals surface area contributed by atoms with Gasteiger partial charge in [0.1, 0.15) is 5.69 Å². The van der Waals surface area contributed by atoms with Gasteiger partial charge in [-0.05, 0) is 35.6 Å². The molecule has 0 aliphatic carbocycles. The van der Waals surface area contributed by atoms with Crippen molar-refractivity contribution in [3.8, 4) is 0 Å². The molecule has 2 nitrogen and oxygen atoms in total. The lowest BCUT2D eigenvalue weighted by Gasteiger charge is -2.05. The number of aromatic nitrogens is 1. The normalized spacial score (nSPS) is 10.8. The van der Waals surface area contributed by atoms with Gasteiger partial charge in [-0.2, -0.15) is 0 Å². The predicted octanol–water partition coefficient (Wildman–Crippen LogP) is 2.51. The molecule has 0 unspecified atom stereocenters. The number of aryl methyl sites for hydroxylation is 1. The van der Waals surface area contributed by atoms with Gasteiger partial charge in [-0.3, -0.25) is 4.98 Å². The largest absolute Gasteiger partial charge is 0.398 e. The van der Waals surface area contributed by atoms with Crippen LogP contribution in [-0.2, 0) is 0 Å². The van der Waals surface area contributed by atoms with E-state index in [4.69, 9.17) is 5.73 Å². The molecule has 1 aromatic heterocycles. The average molecular weight is 284 g/mol. The minimum absolute atomic E-state index is 0.259. The first-order valence-corrected chi connectivity index (χ1v) is 4.31. The first kappa shape index (κ1) is 9.63. The third kappa shape index (κ3) is 1.82. The number of halogens is 3. The lowest BCUT2D eigenvalue weighted by atomic mass is 10.3. The van der Waals surface area contributed by atoms with Crippen molar-refractivity contribution in [3.63, 3.8) is 0 Å². The van der Waals surface area contributed by atoms with Crippen molar-refractivity contribution < 1.29 is 8.78 Å². The molecule has 0 amide bonds. The lowest BCUT2D eigenvalue weighted by molar-refractivity contribution is 0.146. The quantitative estimate of drug-likeness (QED) is 0.805. The molecule has 1 rings (SSSR count). The van der Waals surface area contributed by atoms with Crippen LogP contribution in [0, 0.1) is 10.5 Å². The van der Waals surface area contributed by atoms with E-state index in [9.17, 15) is 8.78 Å². The van der Waals surface area contributed by atoms with Gasteiger partial charge in [-0.1, -0.05) is 0 Å². The maximum Gasteiger partial charge on any atom is 0.280 e. The van der Waals surface area contributed by atoms with Crippen molar-refractivity contribution in [2.75, 3.05) is 5.73 Å². The summed E-state index contributed by atoms with van der Waals surface area (Å²) in [6.45, 7) is 1.66. The van der Waals surface area contributed by atoms with Gasteiger partial charge >= 0.3 is 0 Å². The van der Waals surface area contributed by atoms with Gasteiger partial charge in [0.25, 0.3) is 6.43 Å². The Morgan fingerprint density at radius 3 is 2.58 bits per heavy atom. The second-order valence-electron chi connectivity index (χ2n) is 2.34. The summed E-state index contributed by atoms with van der Waals surface area (Å²) in [6, 6.07) is 1.21. The molecular formula is C7H7F2IN2. The van der Waals surface area contributed by atoms with Crippen LogP contribution in [0.4, 0.5) is 14.5 Å². The van der Waals surface area contributed by atoms with Crippen molar-refractivity contribution in [1.82, 2.24) is 4.98 Å². The monoisotopic (exact) mass is 284 g/mol. The Labute approximate surface area is 82.3 Å². The Morgan fingerprint density at radius 1 is 1.58 bits per heavy atom. The second kappa shape index (κ2) is 3.51. The van der Waals surface area contributed by atoms with E-state index >= 15 is 0 Å². The van der Waals surface area contributed by atoms with Crippen molar-refractivity contribution in [1.29, 1.82) is 0 Å². The number of hydrogen-bond donors (Lipinski definition) is 1. The van der Waals surface area contributed by atoms with Crippen LogP contribution in [-0.4, -0.2) is 4.98 Å². The van der Waals surface area contributed by atoms with Crippen molar-refractivity contribution in [3.05, 3.63) is 21.0 Å². The SMILES string of the molecule is Cc1nc(C(F)F)cc(N)c1I. The fourth-order valence-corrected chi connectivity index (χ4v) is 1.09. The van der Waals surface area contributed by atoms with Crippen LogP contribution in [0.5, 0.6) is 0 Å². The molecule has 1 heterocycles. The van der Waals surface area contributed by atoms with Crippen LogP contribution >= 0.6 is 22.6 Å². The molecule has 5 heteroatoms. The zero-order valence-corrected chi connectivity index (χ0v) is 8.47. The summed E-state index contributed by atoms with van der Waals surface area (Å²) in [5, 5.41) is 0. The molecule has 0 atom stereocenters. The fraction of sp³-hybridized carbons (Fsp3) is 0.286. The molecule has 0 bridgehead atoms. The molecule has 1 aromatic rings. The first-order chi connectivity index (χ1) is 5.52. The van der Waals surface area contributed by atoms with E-state index in [1.54, 1.807) is 6.92 Å². The van der Waals surface area contributed by atoms with Gasteiger partial charge in [0, 0.05) is 5.69 Å². The molecule has 12 heavy (non-hydrogen) atoms. The highest BCUT2D eigenvalue weighted by molar-refractivity contribution is 14.1. The maximum absolute atomic E-state index is 12.1. The molecule has 0 aliphatic heterocycles. The molecule has 0 radical (unpaired) electrons. The van der Waals surface area contributed by atoms with Crippen molar-refractivity contribution in [2.24, 2.45) is 0 Å². The van der Waals surface area contributed by atoms with Crippen LogP contribution in [0.15, 0.2) is 6.07 Å². The standard InChI is InChI=1S/C7H7F2IN2/c1-3-6(10)4(11)2-5(12-3)7(8)9/h2,7H,1H3,(H2,11,12). The summed E-state index contributed by atoms with van der Waals surface area (Å²) in [5.74, 6) is 0. The molecule has 0 spiro atoms. The average Bonchev–Trinajstić information content (AvgIpc) is 1.99. The minimum atomic E-state index is -2.55. The van der Waals surface area contributed by atoms with E-state index in [1.165, 1.54) is 6.07 Å². The molecular weight excluding hydrogens is 277 g/mol. The Hall–Kier alpha value is -0.460. The molecule has 0 saturated carbocycles. The van der Waals surface area contributed by atoms with Crippen LogP contribution in [0.25, 0.3) is 0 Å². The van der Waals surface area contributed by atoms with Gasteiger partial charge in [-0.15, -0.1) is 0 Å². The zero-order chi connectivity index (χ0) is 9.30. The molecule has 66 valence electrons. The molecule has 2 N–H and O–H groups in total. The highest BCUT2D eigenvalue weighted by Gasteiger charge is 2.12. The van der Waals surface area contributed by atoms with Crippen LogP contribution in [0.2, 0.25) is 0 Å². The lowest BCUT2D eigenvalue weighted by Crippen LogP contribution is -2.00. The van der Waals surface area contributed by atoms with E-state index in [1.807, 2.05) is 22.6 Å².